The van der Waals surface area contributed by atoms with E-state index in [9.17, 15) is 0 Å². The number of rotatable bonds is 5. The molecular formula is C14H24N2O. The lowest BCUT2D eigenvalue weighted by molar-refractivity contribution is 0.124. The van der Waals surface area contributed by atoms with Crippen LogP contribution in [0.3, 0.4) is 0 Å². The fourth-order valence-electron chi connectivity index (χ4n) is 3.05. The van der Waals surface area contributed by atoms with Gasteiger partial charge in [0, 0.05) is 18.7 Å². The first-order valence-electron chi connectivity index (χ1n) is 6.64. The van der Waals surface area contributed by atoms with Gasteiger partial charge >= 0.3 is 0 Å². The minimum atomic E-state index is 0.358. The molecule has 0 bridgehead atoms. The standard InChI is InChI=1S/C14H24N2O/c1-16(9-13-5-8-17-10-13)12-14(11-15)6-3-2-4-7-14/h5,8,10H,2-4,6-7,9,11-12,15H2,1H3. The van der Waals surface area contributed by atoms with Gasteiger partial charge in [-0.2, -0.15) is 0 Å². The molecule has 0 saturated heterocycles. The van der Waals surface area contributed by atoms with Crippen molar-refractivity contribution >= 4 is 0 Å². The van der Waals surface area contributed by atoms with E-state index in [1.165, 1.54) is 37.7 Å². The lowest BCUT2D eigenvalue weighted by Gasteiger charge is -2.39. The number of nitrogens with two attached hydrogens (primary N) is 1. The Morgan fingerprint density at radius 3 is 2.71 bits per heavy atom. The normalized spacial score (nSPS) is 19.7. The molecule has 0 amide bonds. The van der Waals surface area contributed by atoms with Gasteiger partial charge in [-0.25, -0.2) is 0 Å². The number of hydrogen-bond acceptors (Lipinski definition) is 3. The zero-order valence-electron chi connectivity index (χ0n) is 10.8. The van der Waals surface area contributed by atoms with Gasteiger partial charge in [0.05, 0.1) is 12.5 Å². The maximum atomic E-state index is 6.01. The van der Waals surface area contributed by atoms with Gasteiger partial charge in [-0.1, -0.05) is 19.3 Å². The molecule has 3 nitrogen and oxygen atoms in total. The Morgan fingerprint density at radius 1 is 1.35 bits per heavy atom. The maximum absolute atomic E-state index is 6.01. The molecule has 3 heteroatoms. The molecule has 0 atom stereocenters. The summed E-state index contributed by atoms with van der Waals surface area (Å²) >= 11 is 0. The highest BCUT2D eigenvalue weighted by Gasteiger charge is 2.31. The lowest BCUT2D eigenvalue weighted by atomic mass is 9.74. The van der Waals surface area contributed by atoms with E-state index >= 15 is 0 Å². The summed E-state index contributed by atoms with van der Waals surface area (Å²) in [5, 5.41) is 0. The topological polar surface area (TPSA) is 42.4 Å². The van der Waals surface area contributed by atoms with Crippen LogP contribution in [0.5, 0.6) is 0 Å². The van der Waals surface area contributed by atoms with Gasteiger partial charge < -0.3 is 15.1 Å². The Morgan fingerprint density at radius 2 is 2.12 bits per heavy atom. The van der Waals surface area contributed by atoms with Crippen LogP contribution in [-0.2, 0) is 6.54 Å². The highest BCUT2D eigenvalue weighted by atomic mass is 16.3. The molecule has 2 N–H and O–H groups in total. The van der Waals surface area contributed by atoms with E-state index in [-0.39, 0.29) is 0 Å². The summed E-state index contributed by atoms with van der Waals surface area (Å²) < 4.78 is 5.11. The van der Waals surface area contributed by atoms with Crippen LogP contribution in [0.4, 0.5) is 0 Å². The van der Waals surface area contributed by atoms with Crippen LogP contribution >= 0.6 is 0 Å². The highest BCUT2D eigenvalue weighted by molar-refractivity contribution is 5.05. The van der Waals surface area contributed by atoms with Crippen molar-refractivity contribution < 1.29 is 4.42 Å². The molecular weight excluding hydrogens is 212 g/mol. The van der Waals surface area contributed by atoms with Gasteiger partial charge in [-0.05, 0) is 37.9 Å². The van der Waals surface area contributed by atoms with Crippen molar-refractivity contribution in [2.24, 2.45) is 11.1 Å². The summed E-state index contributed by atoms with van der Waals surface area (Å²) in [5.74, 6) is 0. The molecule has 1 aromatic heterocycles. The summed E-state index contributed by atoms with van der Waals surface area (Å²) in [6.07, 6.45) is 10.2. The SMILES string of the molecule is CN(Cc1ccoc1)CC1(CN)CCCCC1. The van der Waals surface area contributed by atoms with E-state index in [0.717, 1.165) is 19.6 Å². The molecule has 0 spiro atoms. The van der Waals surface area contributed by atoms with Gasteiger partial charge in [-0.15, -0.1) is 0 Å². The van der Waals surface area contributed by atoms with Crippen LogP contribution in [0.15, 0.2) is 23.0 Å². The summed E-state index contributed by atoms with van der Waals surface area (Å²) in [6.45, 7) is 2.88. The molecule has 0 radical (unpaired) electrons. The molecule has 1 aliphatic carbocycles. The average Bonchev–Trinajstić information content (AvgIpc) is 2.83. The van der Waals surface area contributed by atoms with Crippen molar-refractivity contribution in [2.75, 3.05) is 20.1 Å². The molecule has 1 aliphatic rings. The Kier molecular flexibility index (Phi) is 4.24. The second kappa shape index (κ2) is 5.69. The number of furan rings is 1. The molecule has 17 heavy (non-hydrogen) atoms. The predicted octanol–water partition coefficient (Wildman–Crippen LogP) is 2.62. The molecule has 1 aromatic rings. The molecule has 0 unspecified atom stereocenters. The highest BCUT2D eigenvalue weighted by Crippen LogP contribution is 2.36. The van der Waals surface area contributed by atoms with Crippen LogP contribution in [0, 0.1) is 5.41 Å². The first-order chi connectivity index (χ1) is 8.24. The third kappa shape index (κ3) is 3.33. The Hall–Kier alpha value is -0.800. The fourth-order valence-corrected chi connectivity index (χ4v) is 3.05. The minimum absolute atomic E-state index is 0.358. The molecule has 96 valence electrons. The third-order valence-corrected chi connectivity index (χ3v) is 3.99. The summed E-state index contributed by atoms with van der Waals surface area (Å²) in [5.41, 5.74) is 7.62. The second-order valence-corrected chi connectivity index (χ2v) is 5.57. The van der Waals surface area contributed by atoms with E-state index in [1.807, 2.05) is 12.3 Å². The van der Waals surface area contributed by atoms with Gasteiger partial charge in [0.15, 0.2) is 0 Å². The Labute approximate surface area is 104 Å². The minimum Gasteiger partial charge on any atom is -0.472 e. The van der Waals surface area contributed by atoms with Gasteiger partial charge in [0.25, 0.3) is 0 Å². The van der Waals surface area contributed by atoms with Crippen LogP contribution in [0.1, 0.15) is 37.7 Å². The summed E-state index contributed by atoms with van der Waals surface area (Å²) in [4.78, 5) is 2.38. The van der Waals surface area contributed by atoms with Crippen LogP contribution in [0.2, 0.25) is 0 Å². The number of hydrogen-bond donors (Lipinski definition) is 1. The van der Waals surface area contributed by atoms with Crippen LogP contribution in [0.25, 0.3) is 0 Å². The third-order valence-electron chi connectivity index (χ3n) is 3.99. The first kappa shape index (κ1) is 12.7. The largest absolute Gasteiger partial charge is 0.472 e. The van der Waals surface area contributed by atoms with Gasteiger partial charge in [0.1, 0.15) is 0 Å². The van der Waals surface area contributed by atoms with E-state index in [4.69, 9.17) is 10.2 Å². The Bertz CT molecular complexity index is 315. The van der Waals surface area contributed by atoms with E-state index < -0.39 is 0 Å². The monoisotopic (exact) mass is 236 g/mol. The summed E-state index contributed by atoms with van der Waals surface area (Å²) in [6, 6.07) is 2.03. The van der Waals surface area contributed by atoms with Crippen molar-refractivity contribution in [2.45, 2.75) is 38.6 Å². The zero-order chi connectivity index (χ0) is 12.1. The van der Waals surface area contributed by atoms with Crippen molar-refractivity contribution in [1.82, 2.24) is 4.90 Å². The van der Waals surface area contributed by atoms with Crippen LogP contribution < -0.4 is 5.73 Å². The number of nitrogens with zero attached hydrogens (tertiary/aromatic N) is 1. The lowest BCUT2D eigenvalue weighted by Crippen LogP contribution is -2.42. The predicted molar refractivity (Wildman–Crippen MR) is 69.6 cm³/mol. The zero-order valence-corrected chi connectivity index (χ0v) is 10.8. The van der Waals surface area contributed by atoms with Gasteiger partial charge in [-0.3, -0.25) is 0 Å². The van der Waals surface area contributed by atoms with Gasteiger partial charge in [0.2, 0.25) is 0 Å². The fraction of sp³-hybridized carbons (Fsp3) is 0.714. The second-order valence-electron chi connectivity index (χ2n) is 5.57. The van der Waals surface area contributed by atoms with E-state index in [0.29, 0.717) is 5.41 Å². The van der Waals surface area contributed by atoms with Crippen molar-refractivity contribution in [3.8, 4) is 0 Å². The van der Waals surface area contributed by atoms with Crippen molar-refractivity contribution in [3.63, 3.8) is 0 Å². The molecule has 0 aromatic carbocycles. The molecule has 0 aliphatic heterocycles. The quantitative estimate of drug-likeness (QED) is 0.854. The Balaban J connectivity index is 1.89. The first-order valence-corrected chi connectivity index (χ1v) is 6.64. The van der Waals surface area contributed by atoms with Crippen molar-refractivity contribution in [3.05, 3.63) is 24.2 Å². The average molecular weight is 236 g/mol. The van der Waals surface area contributed by atoms with E-state index in [1.54, 1.807) is 6.26 Å². The maximum Gasteiger partial charge on any atom is 0.0947 e. The van der Waals surface area contributed by atoms with Crippen molar-refractivity contribution in [1.29, 1.82) is 0 Å². The van der Waals surface area contributed by atoms with Crippen LogP contribution in [-0.4, -0.2) is 25.0 Å². The molecule has 1 saturated carbocycles. The molecule has 2 rings (SSSR count). The summed E-state index contributed by atoms with van der Waals surface area (Å²) in [7, 11) is 2.18. The smallest absolute Gasteiger partial charge is 0.0947 e. The van der Waals surface area contributed by atoms with E-state index in [2.05, 4.69) is 11.9 Å². The molecule has 1 heterocycles. The molecule has 1 fully saturated rings.